The number of aromatic nitrogens is 5. The summed E-state index contributed by atoms with van der Waals surface area (Å²) in [7, 11) is 0. The second kappa shape index (κ2) is 11.4. The zero-order chi connectivity index (χ0) is 25.7. The molecular formula is C26H31FN6O3. The van der Waals surface area contributed by atoms with Gasteiger partial charge in [0.2, 0.25) is 0 Å². The summed E-state index contributed by atoms with van der Waals surface area (Å²) in [5, 5.41) is 23.1. The van der Waals surface area contributed by atoms with E-state index in [1.165, 1.54) is 12.1 Å². The number of aliphatic hydroxyl groups is 1. The Balaban J connectivity index is 1.67. The number of rotatable bonds is 11. The lowest BCUT2D eigenvalue weighted by Crippen LogP contribution is -2.37. The summed E-state index contributed by atoms with van der Waals surface area (Å²) in [6.45, 7) is 7.45. The highest BCUT2D eigenvalue weighted by molar-refractivity contribution is 5.80. The number of ether oxygens (including phenoxy) is 1. The van der Waals surface area contributed by atoms with Gasteiger partial charge in [-0.2, -0.15) is 0 Å². The van der Waals surface area contributed by atoms with Gasteiger partial charge in [0.15, 0.2) is 5.82 Å². The highest BCUT2D eigenvalue weighted by atomic mass is 19.1. The van der Waals surface area contributed by atoms with Gasteiger partial charge in [0.05, 0.1) is 25.8 Å². The van der Waals surface area contributed by atoms with Crippen LogP contribution in [0.3, 0.4) is 0 Å². The van der Waals surface area contributed by atoms with Crippen molar-refractivity contribution in [3.63, 3.8) is 0 Å². The van der Waals surface area contributed by atoms with Crippen molar-refractivity contribution >= 4 is 10.9 Å². The third kappa shape index (κ3) is 5.77. The van der Waals surface area contributed by atoms with E-state index in [1.807, 2.05) is 49.9 Å². The third-order valence-electron chi connectivity index (χ3n) is 6.06. The summed E-state index contributed by atoms with van der Waals surface area (Å²) in [5.74, 6) is 1.10. The average molecular weight is 495 g/mol. The fraction of sp³-hybridized carbons (Fsp3) is 0.385. The molecule has 2 N–H and O–H groups in total. The number of nitrogens with zero attached hydrogens (tertiary/aromatic N) is 5. The first-order valence-electron chi connectivity index (χ1n) is 12.0. The summed E-state index contributed by atoms with van der Waals surface area (Å²) < 4.78 is 20.6. The molecule has 2 heterocycles. The molecule has 4 aromatic rings. The molecule has 190 valence electrons. The van der Waals surface area contributed by atoms with Crippen LogP contribution in [0.5, 0.6) is 5.75 Å². The van der Waals surface area contributed by atoms with Gasteiger partial charge in [0, 0.05) is 29.6 Å². The molecule has 0 aliphatic rings. The Morgan fingerprint density at radius 2 is 1.94 bits per heavy atom. The van der Waals surface area contributed by atoms with Crippen LogP contribution >= 0.6 is 0 Å². The monoisotopic (exact) mass is 494 g/mol. The van der Waals surface area contributed by atoms with Gasteiger partial charge in [-0.3, -0.25) is 9.69 Å². The summed E-state index contributed by atoms with van der Waals surface area (Å²) in [4.78, 5) is 17.9. The number of aromatic amines is 1. The van der Waals surface area contributed by atoms with E-state index in [0.717, 1.165) is 22.2 Å². The number of H-pyrrole nitrogens is 1. The average Bonchev–Trinajstić information content (AvgIpc) is 3.29. The number of halogens is 1. The lowest BCUT2D eigenvalue weighted by atomic mass is 10.00. The van der Waals surface area contributed by atoms with Gasteiger partial charge in [0.25, 0.3) is 5.56 Å². The minimum Gasteiger partial charge on any atom is -0.494 e. The fourth-order valence-electron chi connectivity index (χ4n) is 4.45. The van der Waals surface area contributed by atoms with Crippen LogP contribution in [0.2, 0.25) is 0 Å². The summed E-state index contributed by atoms with van der Waals surface area (Å²) in [5.41, 5.74) is 1.96. The Hall–Kier alpha value is -3.63. The normalized spacial score (nSPS) is 12.5. The largest absolute Gasteiger partial charge is 0.494 e. The Labute approximate surface area is 208 Å². The van der Waals surface area contributed by atoms with Gasteiger partial charge in [0.1, 0.15) is 11.6 Å². The van der Waals surface area contributed by atoms with Gasteiger partial charge in [-0.1, -0.05) is 26.0 Å². The van der Waals surface area contributed by atoms with Crippen molar-refractivity contribution in [1.29, 1.82) is 0 Å². The maximum atomic E-state index is 13.4. The van der Waals surface area contributed by atoms with Crippen molar-refractivity contribution in [3.8, 4) is 5.75 Å². The van der Waals surface area contributed by atoms with Crippen molar-refractivity contribution < 1.29 is 14.2 Å². The van der Waals surface area contributed by atoms with Crippen LogP contribution in [0.1, 0.15) is 43.8 Å². The Morgan fingerprint density at radius 1 is 1.17 bits per heavy atom. The van der Waals surface area contributed by atoms with E-state index in [0.29, 0.717) is 31.1 Å². The predicted octanol–water partition coefficient (Wildman–Crippen LogP) is 3.29. The molecule has 10 heteroatoms. The number of fused-ring (bicyclic) bond motifs is 1. The molecule has 1 atom stereocenters. The molecule has 0 aliphatic carbocycles. The molecule has 0 amide bonds. The molecule has 0 bridgehead atoms. The SMILES string of the molecule is CCOc1ccc2[nH]c(=O)c(CN(CCO)C(c3nnnn3Cc3ccc(F)cc3)C(C)C)cc2c1. The van der Waals surface area contributed by atoms with Crippen LogP contribution in [0.4, 0.5) is 4.39 Å². The first kappa shape index (κ1) is 25.5. The van der Waals surface area contributed by atoms with Crippen LogP contribution in [0, 0.1) is 11.7 Å². The molecular weight excluding hydrogens is 463 g/mol. The maximum Gasteiger partial charge on any atom is 0.252 e. The Morgan fingerprint density at radius 3 is 2.64 bits per heavy atom. The number of benzene rings is 2. The van der Waals surface area contributed by atoms with E-state index in [4.69, 9.17) is 4.74 Å². The molecule has 2 aromatic heterocycles. The lowest BCUT2D eigenvalue weighted by Gasteiger charge is -2.33. The number of hydrogen-bond acceptors (Lipinski definition) is 7. The number of hydrogen-bond donors (Lipinski definition) is 2. The Bertz CT molecular complexity index is 1350. The first-order chi connectivity index (χ1) is 17.4. The van der Waals surface area contributed by atoms with Crippen molar-refractivity contribution in [1.82, 2.24) is 30.1 Å². The zero-order valence-electron chi connectivity index (χ0n) is 20.7. The number of pyridine rings is 1. The molecule has 0 spiro atoms. The quantitative estimate of drug-likeness (QED) is 0.329. The molecule has 2 aromatic carbocycles. The fourth-order valence-corrected chi connectivity index (χ4v) is 4.45. The van der Waals surface area contributed by atoms with Crippen LogP contribution in [-0.4, -0.2) is 55.0 Å². The maximum absolute atomic E-state index is 13.4. The smallest absolute Gasteiger partial charge is 0.252 e. The Kier molecular flexibility index (Phi) is 8.07. The number of nitrogens with one attached hydrogen (secondary N) is 1. The van der Waals surface area contributed by atoms with E-state index >= 15 is 0 Å². The van der Waals surface area contributed by atoms with Crippen molar-refractivity contribution in [2.75, 3.05) is 19.8 Å². The van der Waals surface area contributed by atoms with Gasteiger partial charge < -0.3 is 14.8 Å². The molecule has 36 heavy (non-hydrogen) atoms. The van der Waals surface area contributed by atoms with E-state index in [9.17, 15) is 14.3 Å². The highest BCUT2D eigenvalue weighted by Crippen LogP contribution is 2.29. The van der Waals surface area contributed by atoms with Crippen molar-refractivity contribution in [2.45, 2.75) is 39.9 Å². The zero-order valence-corrected chi connectivity index (χ0v) is 20.7. The van der Waals surface area contributed by atoms with Crippen LogP contribution in [0.25, 0.3) is 10.9 Å². The van der Waals surface area contributed by atoms with Gasteiger partial charge >= 0.3 is 0 Å². The number of aliphatic hydroxyl groups excluding tert-OH is 1. The molecule has 0 aliphatic heterocycles. The third-order valence-corrected chi connectivity index (χ3v) is 6.06. The van der Waals surface area contributed by atoms with E-state index in [1.54, 1.807) is 16.8 Å². The molecule has 0 fully saturated rings. The molecule has 4 rings (SSSR count). The van der Waals surface area contributed by atoms with Crippen molar-refractivity contribution in [3.05, 3.63) is 81.7 Å². The second-order valence-electron chi connectivity index (χ2n) is 9.01. The van der Waals surface area contributed by atoms with E-state index in [2.05, 4.69) is 20.5 Å². The predicted molar refractivity (Wildman–Crippen MR) is 134 cm³/mol. The lowest BCUT2D eigenvalue weighted by molar-refractivity contribution is 0.106. The first-order valence-corrected chi connectivity index (χ1v) is 12.0. The molecule has 9 nitrogen and oxygen atoms in total. The van der Waals surface area contributed by atoms with Crippen LogP contribution < -0.4 is 10.3 Å². The van der Waals surface area contributed by atoms with Gasteiger partial charge in [-0.25, -0.2) is 9.07 Å². The van der Waals surface area contributed by atoms with Crippen molar-refractivity contribution in [2.24, 2.45) is 5.92 Å². The summed E-state index contributed by atoms with van der Waals surface area (Å²) in [6.07, 6.45) is 0. The van der Waals surface area contributed by atoms with Crippen LogP contribution in [-0.2, 0) is 13.1 Å². The molecule has 0 saturated heterocycles. The molecule has 1 unspecified atom stereocenters. The molecule has 0 radical (unpaired) electrons. The minimum absolute atomic E-state index is 0.0682. The van der Waals surface area contributed by atoms with Gasteiger partial charge in [-0.15, -0.1) is 5.10 Å². The summed E-state index contributed by atoms with van der Waals surface area (Å²) >= 11 is 0. The van der Waals surface area contributed by atoms with Gasteiger partial charge in [-0.05, 0) is 65.2 Å². The number of tetrazole rings is 1. The standard InChI is InChI=1S/C26H31FN6O3/c1-4-36-22-9-10-23-19(14-22)13-20(26(35)28-23)16-32(11-12-34)24(17(2)3)25-29-30-31-33(25)15-18-5-7-21(27)8-6-18/h5-10,13-14,17,24,34H,4,11-12,15-16H2,1-3H3,(H,28,35). The topological polar surface area (TPSA) is 109 Å². The van der Waals surface area contributed by atoms with Crippen LogP contribution in [0.15, 0.2) is 53.3 Å². The van der Waals surface area contributed by atoms with E-state index in [-0.39, 0.29) is 36.5 Å². The highest BCUT2D eigenvalue weighted by Gasteiger charge is 2.29. The minimum atomic E-state index is -0.307. The summed E-state index contributed by atoms with van der Waals surface area (Å²) in [6, 6.07) is 13.3. The van der Waals surface area contributed by atoms with E-state index < -0.39 is 0 Å². The second-order valence-corrected chi connectivity index (χ2v) is 9.01. The molecule has 0 saturated carbocycles.